The Morgan fingerprint density at radius 2 is 2.38 bits per heavy atom. The zero-order valence-electron chi connectivity index (χ0n) is 7.25. The first-order valence-electron chi connectivity index (χ1n) is 4.17. The molecule has 1 N–H and O–H groups in total. The molecule has 13 heavy (non-hydrogen) atoms. The molecule has 2 rings (SSSR count). The molecule has 0 radical (unpaired) electrons. The molecule has 0 spiro atoms. The summed E-state index contributed by atoms with van der Waals surface area (Å²) in [6, 6.07) is 0.424. The predicted molar refractivity (Wildman–Crippen MR) is 51.1 cm³/mol. The number of hydrogen-bond donors (Lipinski definition) is 1. The van der Waals surface area contributed by atoms with Crippen LogP contribution in [0.25, 0.3) is 0 Å². The molecule has 4 nitrogen and oxygen atoms in total. The van der Waals surface area contributed by atoms with E-state index in [0.29, 0.717) is 16.8 Å². The highest BCUT2D eigenvalue weighted by molar-refractivity contribution is 6.33. The minimum absolute atomic E-state index is 0.167. The monoisotopic (exact) mass is 199 g/mol. The van der Waals surface area contributed by atoms with Crippen molar-refractivity contribution in [3.8, 4) is 0 Å². The SMILES string of the molecule is Cn1ncc(Cl)c(NC2CC2)c1=O. The van der Waals surface area contributed by atoms with Gasteiger partial charge >= 0.3 is 0 Å². The summed E-state index contributed by atoms with van der Waals surface area (Å²) in [4.78, 5) is 11.5. The third kappa shape index (κ3) is 1.67. The molecule has 5 heteroatoms. The summed E-state index contributed by atoms with van der Waals surface area (Å²) in [5.74, 6) is 0. The van der Waals surface area contributed by atoms with Gasteiger partial charge in [-0.1, -0.05) is 11.6 Å². The van der Waals surface area contributed by atoms with Crippen molar-refractivity contribution in [3.63, 3.8) is 0 Å². The van der Waals surface area contributed by atoms with Crippen LogP contribution >= 0.6 is 11.6 Å². The molecule has 0 amide bonds. The largest absolute Gasteiger partial charge is 0.377 e. The first-order valence-corrected chi connectivity index (χ1v) is 4.54. The molecule has 1 saturated carbocycles. The smallest absolute Gasteiger partial charge is 0.291 e. The Balaban J connectivity index is 2.40. The Bertz CT molecular complexity index is 383. The maximum absolute atomic E-state index is 11.5. The molecule has 1 aromatic heterocycles. The van der Waals surface area contributed by atoms with Crippen molar-refractivity contribution in [2.45, 2.75) is 18.9 Å². The van der Waals surface area contributed by atoms with E-state index in [9.17, 15) is 4.79 Å². The molecule has 0 atom stereocenters. The number of nitrogens with one attached hydrogen (secondary N) is 1. The highest BCUT2D eigenvalue weighted by atomic mass is 35.5. The summed E-state index contributed by atoms with van der Waals surface area (Å²) >= 11 is 5.84. The van der Waals surface area contributed by atoms with Gasteiger partial charge in [-0.3, -0.25) is 4.79 Å². The van der Waals surface area contributed by atoms with E-state index in [4.69, 9.17) is 11.6 Å². The lowest BCUT2D eigenvalue weighted by atomic mass is 10.4. The first kappa shape index (κ1) is 8.56. The standard InChI is InChI=1S/C8H10ClN3O/c1-12-8(13)7(6(9)4-10-12)11-5-2-3-5/h4-5,11H,2-3H2,1H3. The fourth-order valence-corrected chi connectivity index (χ4v) is 1.26. The molecule has 1 aromatic rings. The van der Waals surface area contributed by atoms with E-state index in [-0.39, 0.29) is 5.56 Å². The van der Waals surface area contributed by atoms with E-state index < -0.39 is 0 Å². The molecule has 0 aliphatic heterocycles. The summed E-state index contributed by atoms with van der Waals surface area (Å²) < 4.78 is 1.27. The summed E-state index contributed by atoms with van der Waals surface area (Å²) in [5, 5.41) is 7.28. The molecular formula is C8H10ClN3O. The molecule has 0 aromatic carbocycles. The number of rotatable bonds is 2. The zero-order chi connectivity index (χ0) is 9.42. The molecule has 70 valence electrons. The van der Waals surface area contributed by atoms with Crippen LogP contribution in [0.5, 0.6) is 0 Å². The van der Waals surface area contributed by atoms with Crippen LogP contribution in [0.1, 0.15) is 12.8 Å². The molecular weight excluding hydrogens is 190 g/mol. The van der Waals surface area contributed by atoms with E-state index in [1.807, 2.05) is 0 Å². The lowest BCUT2D eigenvalue weighted by Crippen LogP contribution is -2.24. The van der Waals surface area contributed by atoms with Gasteiger partial charge in [0.25, 0.3) is 5.56 Å². The quantitative estimate of drug-likeness (QED) is 0.774. The zero-order valence-corrected chi connectivity index (χ0v) is 8.01. The molecule has 1 fully saturated rings. The van der Waals surface area contributed by atoms with Crippen LogP contribution in [0.2, 0.25) is 5.02 Å². The maximum atomic E-state index is 11.5. The van der Waals surface area contributed by atoms with Crippen LogP contribution in [0, 0.1) is 0 Å². The molecule has 0 bridgehead atoms. The van der Waals surface area contributed by atoms with Gasteiger partial charge in [0.1, 0.15) is 5.69 Å². The van der Waals surface area contributed by atoms with Gasteiger partial charge in [0.15, 0.2) is 0 Å². The number of halogens is 1. The number of hydrogen-bond acceptors (Lipinski definition) is 3. The Morgan fingerprint density at radius 3 is 3.00 bits per heavy atom. The third-order valence-electron chi connectivity index (χ3n) is 2.02. The van der Waals surface area contributed by atoms with Crippen LogP contribution in [0.3, 0.4) is 0 Å². The Hall–Kier alpha value is -1.03. The number of nitrogens with zero attached hydrogens (tertiary/aromatic N) is 2. The number of aromatic nitrogens is 2. The van der Waals surface area contributed by atoms with Crippen LogP contribution < -0.4 is 10.9 Å². The Morgan fingerprint density at radius 1 is 1.69 bits per heavy atom. The topological polar surface area (TPSA) is 46.9 Å². The third-order valence-corrected chi connectivity index (χ3v) is 2.30. The second-order valence-electron chi connectivity index (χ2n) is 3.21. The highest BCUT2D eigenvalue weighted by Gasteiger charge is 2.23. The maximum Gasteiger partial charge on any atom is 0.291 e. The Labute approximate surface area is 80.5 Å². The fraction of sp³-hybridized carbons (Fsp3) is 0.500. The van der Waals surface area contributed by atoms with Gasteiger partial charge < -0.3 is 5.32 Å². The summed E-state index contributed by atoms with van der Waals surface area (Å²) in [7, 11) is 1.61. The van der Waals surface area contributed by atoms with Crippen molar-refractivity contribution in [2.24, 2.45) is 7.05 Å². The average molecular weight is 200 g/mol. The Kier molecular flexibility index (Phi) is 2.00. The first-order chi connectivity index (χ1) is 6.18. The van der Waals surface area contributed by atoms with Crippen LogP contribution in [-0.4, -0.2) is 15.8 Å². The van der Waals surface area contributed by atoms with Crippen molar-refractivity contribution < 1.29 is 0 Å². The van der Waals surface area contributed by atoms with Gasteiger partial charge in [0, 0.05) is 13.1 Å². The lowest BCUT2D eigenvalue weighted by molar-refractivity contribution is 0.708. The predicted octanol–water partition coefficient (Wildman–Crippen LogP) is 1.01. The van der Waals surface area contributed by atoms with Gasteiger partial charge in [0.05, 0.1) is 11.2 Å². The molecule has 1 heterocycles. The highest BCUT2D eigenvalue weighted by Crippen LogP contribution is 2.26. The number of aryl methyl sites for hydroxylation is 1. The van der Waals surface area contributed by atoms with E-state index >= 15 is 0 Å². The summed E-state index contributed by atoms with van der Waals surface area (Å²) in [5.41, 5.74) is 0.307. The number of anilines is 1. The van der Waals surface area contributed by atoms with Crippen molar-refractivity contribution in [3.05, 3.63) is 21.6 Å². The molecule has 1 aliphatic carbocycles. The normalized spacial score (nSPS) is 15.8. The van der Waals surface area contributed by atoms with Gasteiger partial charge in [-0.2, -0.15) is 5.10 Å². The average Bonchev–Trinajstić information content (AvgIpc) is 2.89. The van der Waals surface area contributed by atoms with Crippen molar-refractivity contribution >= 4 is 17.3 Å². The van der Waals surface area contributed by atoms with E-state index in [2.05, 4.69) is 10.4 Å². The summed E-state index contributed by atoms with van der Waals surface area (Å²) in [6.45, 7) is 0. The van der Waals surface area contributed by atoms with E-state index in [1.54, 1.807) is 7.05 Å². The van der Waals surface area contributed by atoms with Crippen LogP contribution in [0.4, 0.5) is 5.69 Å². The van der Waals surface area contributed by atoms with Gasteiger partial charge in [-0.25, -0.2) is 4.68 Å². The second-order valence-corrected chi connectivity index (χ2v) is 3.62. The summed E-state index contributed by atoms with van der Waals surface area (Å²) in [6.07, 6.45) is 3.71. The van der Waals surface area contributed by atoms with Crippen molar-refractivity contribution in [1.29, 1.82) is 0 Å². The van der Waals surface area contributed by atoms with E-state index in [1.165, 1.54) is 10.9 Å². The minimum Gasteiger partial charge on any atom is -0.377 e. The molecule has 0 unspecified atom stereocenters. The van der Waals surface area contributed by atoms with Crippen molar-refractivity contribution in [1.82, 2.24) is 9.78 Å². The van der Waals surface area contributed by atoms with Crippen LogP contribution in [-0.2, 0) is 7.05 Å². The van der Waals surface area contributed by atoms with Gasteiger partial charge in [-0.15, -0.1) is 0 Å². The lowest BCUT2D eigenvalue weighted by Gasteiger charge is -2.06. The minimum atomic E-state index is -0.167. The second kappa shape index (κ2) is 3.03. The van der Waals surface area contributed by atoms with Crippen LogP contribution in [0.15, 0.2) is 11.0 Å². The molecule has 0 saturated heterocycles. The molecule has 1 aliphatic rings. The van der Waals surface area contributed by atoms with Crippen molar-refractivity contribution in [2.75, 3.05) is 5.32 Å². The van der Waals surface area contributed by atoms with Gasteiger partial charge in [0.2, 0.25) is 0 Å². The van der Waals surface area contributed by atoms with Gasteiger partial charge in [-0.05, 0) is 12.8 Å². The van der Waals surface area contributed by atoms with E-state index in [0.717, 1.165) is 12.8 Å². The fourth-order valence-electron chi connectivity index (χ4n) is 1.08.